The van der Waals surface area contributed by atoms with Gasteiger partial charge in [-0.3, -0.25) is 13.9 Å². The van der Waals surface area contributed by atoms with Crippen LogP contribution in [0.5, 0.6) is 0 Å². The van der Waals surface area contributed by atoms with Gasteiger partial charge in [-0.1, -0.05) is 61.9 Å². The maximum Gasteiger partial charge on any atom is 0.244 e. The van der Waals surface area contributed by atoms with E-state index in [0.29, 0.717) is 12.1 Å². The summed E-state index contributed by atoms with van der Waals surface area (Å²) in [6.45, 7) is 11.2. The second kappa shape index (κ2) is 12.2. The second-order valence-corrected chi connectivity index (χ2v) is 11.2. The van der Waals surface area contributed by atoms with E-state index in [2.05, 4.69) is 5.32 Å². The maximum atomic E-state index is 13.8. The Bertz CT molecular complexity index is 1130. The van der Waals surface area contributed by atoms with Crippen LogP contribution >= 0.6 is 0 Å². The molecule has 2 amide bonds. The van der Waals surface area contributed by atoms with Gasteiger partial charge >= 0.3 is 0 Å². The van der Waals surface area contributed by atoms with Gasteiger partial charge in [0.2, 0.25) is 21.8 Å². The number of hydrogen-bond donors (Lipinski definition) is 1. The van der Waals surface area contributed by atoms with Crippen LogP contribution in [-0.4, -0.2) is 50.0 Å². The second-order valence-electron chi connectivity index (χ2n) is 9.26. The van der Waals surface area contributed by atoms with E-state index in [9.17, 15) is 18.0 Å². The molecule has 2 rings (SSSR count). The minimum atomic E-state index is -3.76. The van der Waals surface area contributed by atoms with Crippen LogP contribution in [0.2, 0.25) is 0 Å². The van der Waals surface area contributed by atoms with Crippen molar-refractivity contribution in [2.45, 2.75) is 73.0 Å². The molecular weight excluding hydrogens is 462 g/mol. The first-order chi connectivity index (χ1) is 16.4. The molecule has 0 bridgehead atoms. The third-order valence-electron chi connectivity index (χ3n) is 6.19. The van der Waals surface area contributed by atoms with Crippen molar-refractivity contribution in [3.05, 3.63) is 64.7 Å². The number of nitrogens with zero attached hydrogens (tertiary/aromatic N) is 2. The van der Waals surface area contributed by atoms with Gasteiger partial charge in [0.05, 0.1) is 11.9 Å². The van der Waals surface area contributed by atoms with Crippen LogP contribution in [0.25, 0.3) is 0 Å². The molecule has 7 nitrogen and oxygen atoms in total. The number of anilines is 1. The molecule has 0 heterocycles. The smallest absolute Gasteiger partial charge is 0.244 e. The molecule has 2 aromatic rings. The van der Waals surface area contributed by atoms with Gasteiger partial charge in [-0.15, -0.1) is 0 Å². The van der Waals surface area contributed by atoms with Crippen molar-refractivity contribution in [3.8, 4) is 0 Å². The summed E-state index contributed by atoms with van der Waals surface area (Å²) in [5, 5.41) is 2.98. The van der Waals surface area contributed by atoms with Crippen LogP contribution in [-0.2, 0) is 26.2 Å². The summed E-state index contributed by atoms with van der Waals surface area (Å²) >= 11 is 0. The average molecular weight is 502 g/mol. The zero-order valence-electron chi connectivity index (χ0n) is 22.0. The van der Waals surface area contributed by atoms with Crippen LogP contribution < -0.4 is 9.62 Å². The number of benzene rings is 2. The van der Waals surface area contributed by atoms with E-state index in [1.54, 1.807) is 0 Å². The fraction of sp³-hybridized carbons (Fsp3) is 0.481. The van der Waals surface area contributed by atoms with Crippen molar-refractivity contribution >= 4 is 27.5 Å². The Morgan fingerprint density at radius 3 is 2.09 bits per heavy atom. The molecule has 2 aromatic carbocycles. The van der Waals surface area contributed by atoms with E-state index < -0.39 is 22.0 Å². The molecule has 0 aliphatic carbocycles. The number of carbonyl (C=O) groups is 2. The first kappa shape index (κ1) is 28.4. The summed E-state index contributed by atoms with van der Waals surface area (Å²) in [6, 6.07) is 12.5. The van der Waals surface area contributed by atoms with E-state index in [4.69, 9.17) is 0 Å². The van der Waals surface area contributed by atoms with E-state index >= 15 is 0 Å². The number of aryl methyl sites for hydroxylation is 3. The Labute approximate surface area is 210 Å². The summed E-state index contributed by atoms with van der Waals surface area (Å²) in [5.41, 5.74) is 3.94. The van der Waals surface area contributed by atoms with Crippen molar-refractivity contribution in [1.82, 2.24) is 10.2 Å². The normalized spacial score (nSPS) is 13.1. The van der Waals surface area contributed by atoms with Crippen molar-refractivity contribution in [2.75, 3.05) is 17.1 Å². The first-order valence-electron chi connectivity index (χ1n) is 12.1. The highest BCUT2D eigenvalue weighted by Gasteiger charge is 2.32. The zero-order valence-corrected chi connectivity index (χ0v) is 22.8. The van der Waals surface area contributed by atoms with Crippen molar-refractivity contribution < 1.29 is 18.0 Å². The number of amides is 2. The van der Waals surface area contributed by atoms with Crippen LogP contribution in [0.4, 0.5) is 5.69 Å². The van der Waals surface area contributed by atoms with Crippen molar-refractivity contribution in [1.29, 1.82) is 0 Å². The van der Waals surface area contributed by atoms with E-state index in [1.807, 2.05) is 84.0 Å². The monoisotopic (exact) mass is 501 g/mol. The summed E-state index contributed by atoms with van der Waals surface area (Å²) < 4.78 is 26.8. The van der Waals surface area contributed by atoms with E-state index in [1.165, 1.54) is 4.90 Å². The lowest BCUT2D eigenvalue weighted by atomic mass is 10.1. The Balaban J connectivity index is 2.50. The van der Waals surface area contributed by atoms with E-state index in [-0.39, 0.29) is 25.0 Å². The zero-order chi connectivity index (χ0) is 26.3. The molecule has 0 saturated heterocycles. The quantitative estimate of drug-likeness (QED) is 0.502. The minimum absolute atomic E-state index is 0.0328. The first-order valence-corrected chi connectivity index (χ1v) is 13.9. The highest BCUT2D eigenvalue weighted by molar-refractivity contribution is 7.92. The summed E-state index contributed by atoms with van der Waals surface area (Å²) in [6.07, 6.45) is 2.27. The molecule has 192 valence electrons. The molecular formula is C27H39N3O4S. The number of hydrogen-bond acceptors (Lipinski definition) is 4. The average Bonchev–Trinajstić information content (AvgIpc) is 2.77. The number of rotatable bonds is 11. The van der Waals surface area contributed by atoms with Crippen LogP contribution in [0.1, 0.15) is 55.9 Å². The number of carbonyl (C=O) groups excluding carboxylic acids is 2. The fourth-order valence-corrected chi connectivity index (χ4v) is 5.11. The SMILES string of the molecule is CC[C@H](C(=O)N[C@@H](C)CC)N(Cc1cccc(C)c1)C(=O)CN(c1c(C)cccc1C)S(C)(=O)=O. The molecule has 35 heavy (non-hydrogen) atoms. The molecule has 0 unspecified atom stereocenters. The van der Waals surface area contributed by atoms with Gasteiger partial charge in [0.1, 0.15) is 12.6 Å². The minimum Gasteiger partial charge on any atom is -0.352 e. The predicted molar refractivity (Wildman–Crippen MR) is 142 cm³/mol. The van der Waals surface area contributed by atoms with Gasteiger partial charge in [0.15, 0.2) is 0 Å². The molecule has 1 N–H and O–H groups in total. The van der Waals surface area contributed by atoms with Gasteiger partial charge in [0, 0.05) is 12.6 Å². The number of para-hydroxylation sites is 1. The molecule has 0 spiro atoms. The van der Waals surface area contributed by atoms with Crippen molar-refractivity contribution in [3.63, 3.8) is 0 Å². The van der Waals surface area contributed by atoms with Gasteiger partial charge < -0.3 is 10.2 Å². The number of sulfonamides is 1. The standard InChI is InChI=1S/C27H39N3O4S/c1-8-22(6)28-27(32)24(9-2)29(17-23-15-10-12-19(3)16-23)25(31)18-30(35(7,33)34)26-20(4)13-11-14-21(26)5/h10-16,22,24H,8-9,17-18H2,1-7H3,(H,28,32)/t22-,24+/m0/s1. The predicted octanol–water partition coefficient (Wildman–Crippen LogP) is 4.10. The molecule has 0 radical (unpaired) electrons. The van der Waals surface area contributed by atoms with Crippen LogP contribution in [0.15, 0.2) is 42.5 Å². The lowest BCUT2D eigenvalue weighted by Gasteiger charge is -2.34. The molecule has 0 fully saturated rings. The van der Waals surface area contributed by atoms with Gasteiger partial charge in [-0.2, -0.15) is 0 Å². The van der Waals surface area contributed by atoms with Crippen LogP contribution in [0, 0.1) is 20.8 Å². The Morgan fingerprint density at radius 2 is 1.57 bits per heavy atom. The number of nitrogens with one attached hydrogen (secondary N) is 1. The molecule has 0 saturated carbocycles. The third-order valence-corrected chi connectivity index (χ3v) is 7.30. The Kier molecular flexibility index (Phi) is 9.89. The van der Waals surface area contributed by atoms with Gasteiger partial charge in [-0.25, -0.2) is 8.42 Å². The van der Waals surface area contributed by atoms with E-state index in [0.717, 1.165) is 39.2 Å². The third kappa shape index (κ3) is 7.56. The summed E-state index contributed by atoms with van der Waals surface area (Å²) in [4.78, 5) is 28.5. The topological polar surface area (TPSA) is 86.8 Å². The van der Waals surface area contributed by atoms with Gasteiger partial charge in [-0.05, 0) is 57.2 Å². The van der Waals surface area contributed by atoms with Gasteiger partial charge in [0.25, 0.3) is 0 Å². The summed E-state index contributed by atoms with van der Waals surface area (Å²) in [5.74, 6) is -0.661. The highest BCUT2D eigenvalue weighted by atomic mass is 32.2. The summed E-state index contributed by atoms with van der Waals surface area (Å²) in [7, 11) is -3.76. The largest absolute Gasteiger partial charge is 0.352 e. The molecule has 8 heteroatoms. The van der Waals surface area contributed by atoms with Crippen molar-refractivity contribution in [2.24, 2.45) is 0 Å². The molecule has 2 atom stereocenters. The lowest BCUT2D eigenvalue weighted by Crippen LogP contribution is -2.53. The molecule has 0 aliphatic heterocycles. The molecule has 0 aromatic heterocycles. The Morgan fingerprint density at radius 1 is 0.971 bits per heavy atom. The fourth-order valence-electron chi connectivity index (χ4n) is 4.14. The molecule has 0 aliphatic rings. The highest BCUT2D eigenvalue weighted by Crippen LogP contribution is 2.27. The Hall–Kier alpha value is -2.87. The maximum absolute atomic E-state index is 13.8. The lowest BCUT2D eigenvalue weighted by molar-refractivity contribution is -0.140. The van der Waals surface area contributed by atoms with Crippen LogP contribution in [0.3, 0.4) is 0 Å².